The predicted octanol–water partition coefficient (Wildman–Crippen LogP) is 10.4. The van der Waals surface area contributed by atoms with Crippen LogP contribution in [0.3, 0.4) is 0 Å². The van der Waals surface area contributed by atoms with E-state index in [2.05, 4.69) is 64.2 Å². The van der Waals surface area contributed by atoms with Gasteiger partial charge < -0.3 is 4.57 Å². The Bertz CT molecular complexity index is 2810. The minimum absolute atomic E-state index is 0.446. The van der Waals surface area contributed by atoms with Crippen molar-refractivity contribution in [2.45, 2.75) is 0 Å². The molecule has 9 aromatic rings. The van der Waals surface area contributed by atoms with Crippen molar-refractivity contribution in [3.63, 3.8) is 0 Å². The molecule has 3 heterocycles. The SMILES string of the molecule is N#Cc1cc(C#N)cc(-c2ccc3c(c2)c2ccccc2n3-c2ccc(-c3cccnc3)cc2-c2nc(-c3ccccc3)nc(-c3ccccc3)n2)c1. The molecule has 246 valence electrons. The van der Waals surface area contributed by atoms with Crippen LogP contribution in [0.1, 0.15) is 11.1 Å². The fraction of sp³-hybridized carbons (Fsp3) is 0. The maximum absolute atomic E-state index is 9.67. The lowest BCUT2D eigenvalue weighted by molar-refractivity contribution is 1.06. The van der Waals surface area contributed by atoms with Crippen LogP contribution in [0.15, 0.2) is 164 Å². The van der Waals surface area contributed by atoms with E-state index in [1.807, 2.05) is 109 Å². The number of nitrogens with zero attached hydrogens (tertiary/aromatic N) is 7. The van der Waals surface area contributed by atoms with Gasteiger partial charge in [-0.2, -0.15) is 10.5 Å². The lowest BCUT2D eigenvalue weighted by atomic mass is 9.99. The number of benzene rings is 6. The van der Waals surface area contributed by atoms with E-state index in [4.69, 9.17) is 15.0 Å². The van der Waals surface area contributed by atoms with Gasteiger partial charge in [0.1, 0.15) is 0 Å². The van der Waals surface area contributed by atoms with Gasteiger partial charge in [-0.15, -0.1) is 0 Å². The van der Waals surface area contributed by atoms with Gasteiger partial charge in [0.05, 0.1) is 40.0 Å². The molecule has 0 spiro atoms. The minimum Gasteiger partial charge on any atom is -0.309 e. The van der Waals surface area contributed by atoms with Crippen LogP contribution in [0.25, 0.3) is 83.9 Å². The van der Waals surface area contributed by atoms with Crippen LogP contribution in [-0.2, 0) is 0 Å². The van der Waals surface area contributed by atoms with E-state index in [-0.39, 0.29) is 0 Å². The summed E-state index contributed by atoms with van der Waals surface area (Å²) in [6, 6.07) is 54.6. The number of hydrogen-bond acceptors (Lipinski definition) is 6. The van der Waals surface area contributed by atoms with Crippen LogP contribution in [0, 0.1) is 22.7 Å². The van der Waals surface area contributed by atoms with Gasteiger partial charge >= 0.3 is 0 Å². The van der Waals surface area contributed by atoms with Crippen molar-refractivity contribution in [3.05, 3.63) is 175 Å². The lowest BCUT2D eigenvalue weighted by Crippen LogP contribution is -2.04. The van der Waals surface area contributed by atoms with Crippen LogP contribution in [-0.4, -0.2) is 24.5 Å². The summed E-state index contributed by atoms with van der Waals surface area (Å²) in [7, 11) is 0. The van der Waals surface area contributed by atoms with E-state index in [1.165, 1.54) is 0 Å². The Balaban J connectivity index is 1.32. The van der Waals surface area contributed by atoms with Gasteiger partial charge in [-0.05, 0) is 71.3 Å². The van der Waals surface area contributed by atoms with Crippen molar-refractivity contribution in [1.29, 1.82) is 10.5 Å². The molecule has 7 nitrogen and oxygen atoms in total. The zero-order valence-corrected chi connectivity index (χ0v) is 28.2. The summed E-state index contributed by atoms with van der Waals surface area (Å²) in [5, 5.41) is 21.4. The third-order valence-corrected chi connectivity index (χ3v) is 9.37. The molecule has 0 saturated carbocycles. The van der Waals surface area contributed by atoms with Crippen LogP contribution in [0.5, 0.6) is 0 Å². The number of nitriles is 2. The molecule has 0 fully saturated rings. The Morgan fingerprint density at radius 1 is 0.434 bits per heavy atom. The first-order valence-electron chi connectivity index (χ1n) is 17.1. The lowest BCUT2D eigenvalue weighted by Gasteiger charge is -2.16. The van der Waals surface area contributed by atoms with Crippen molar-refractivity contribution < 1.29 is 0 Å². The molecule has 9 rings (SSSR count). The number of rotatable bonds is 6. The number of pyridine rings is 1. The fourth-order valence-corrected chi connectivity index (χ4v) is 6.89. The predicted molar refractivity (Wildman–Crippen MR) is 209 cm³/mol. The normalized spacial score (nSPS) is 11.0. The van der Waals surface area contributed by atoms with E-state index in [1.54, 1.807) is 12.3 Å². The molecule has 6 aromatic carbocycles. The molecule has 0 atom stereocenters. The number of aromatic nitrogens is 5. The summed E-state index contributed by atoms with van der Waals surface area (Å²) in [6.07, 6.45) is 3.63. The second-order valence-corrected chi connectivity index (χ2v) is 12.6. The highest BCUT2D eigenvalue weighted by atomic mass is 15.1. The van der Waals surface area contributed by atoms with E-state index < -0.39 is 0 Å². The highest BCUT2D eigenvalue weighted by Gasteiger charge is 2.21. The molecular weight excluding hydrogens is 651 g/mol. The quantitative estimate of drug-likeness (QED) is 0.173. The van der Waals surface area contributed by atoms with Gasteiger partial charge in [0.15, 0.2) is 17.5 Å². The zero-order valence-electron chi connectivity index (χ0n) is 28.2. The molecule has 0 saturated heterocycles. The van der Waals surface area contributed by atoms with E-state index >= 15 is 0 Å². The van der Waals surface area contributed by atoms with Gasteiger partial charge in [-0.3, -0.25) is 4.98 Å². The molecule has 0 unspecified atom stereocenters. The molecule has 0 bridgehead atoms. The second-order valence-electron chi connectivity index (χ2n) is 12.6. The van der Waals surface area contributed by atoms with E-state index in [0.29, 0.717) is 28.6 Å². The molecular formula is C46H27N7. The van der Waals surface area contributed by atoms with Crippen LogP contribution >= 0.6 is 0 Å². The second kappa shape index (κ2) is 13.2. The highest BCUT2D eigenvalue weighted by molar-refractivity contribution is 6.11. The largest absolute Gasteiger partial charge is 0.309 e. The molecule has 0 aliphatic heterocycles. The molecule has 0 amide bonds. The van der Waals surface area contributed by atoms with Gasteiger partial charge in [-0.1, -0.05) is 97.1 Å². The first kappa shape index (κ1) is 31.3. The summed E-state index contributed by atoms with van der Waals surface area (Å²) in [4.78, 5) is 19.6. The van der Waals surface area contributed by atoms with Gasteiger partial charge in [-0.25, -0.2) is 15.0 Å². The van der Waals surface area contributed by atoms with E-state index in [0.717, 1.165) is 66.4 Å². The summed E-state index contributed by atoms with van der Waals surface area (Å²) in [6.45, 7) is 0. The smallest absolute Gasteiger partial charge is 0.166 e. The Hall–Kier alpha value is -7.74. The molecule has 0 radical (unpaired) electrons. The first-order valence-corrected chi connectivity index (χ1v) is 17.1. The summed E-state index contributed by atoms with van der Waals surface area (Å²) in [5.41, 5.74) is 10.1. The maximum atomic E-state index is 9.67. The molecule has 0 aliphatic rings. The monoisotopic (exact) mass is 677 g/mol. The van der Waals surface area contributed by atoms with Crippen molar-refractivity contribution in [3.8, 4) is 74.2 Å². The Kier molecular flexibility index (Phi) is 7.78. The van der Waals surface area contributed by atoms with Crippen LogP contribution in [0.2, 0.25) is 0 Å². The van der Waals surface area contributed by atoms with Crippen molar-refractivity contribution in [2.24, 2.45) is 0 Å². The number of fused-ring (bicyclic) bond motifs is 3. The molecule has 7 heteroatoms. The molecule has 0 aliphatic carbocycles. The van der Waals surface area contributed by atoms with Crippen molar-refractivity contribution in [2.75, 3.05) is 0 Å². The standard InChI is InChI=1S/C46H27N7/c47-27-30-22-31(28-48)24-37(23-30)35-18-19-42-39(25-35)38-15-7-8-16-41(38)53(42)43-20-17-34(36-14-9-21-49-29-36)26-40(43)46-51-44(32-10-3-1-4-11-32)50-45(52-46)33-12-5-2-6-13-33/h1-26,29H. The zero-order chi connectivity index (χ0) is 35.7. The van der Waals surface area contributed by atoms with Gasteiger partial charge in [0.2, 0.25) is 0 Å². The summed E-state index contributed by atoms with van der Waals surface area (Å²) >= 11 is 0. The maximum Gasteiger partial charge on any atom is 0.166 e. The first-order chi connectivity index (χ1) is 26.2. The number of hydrogen-bond donors (Lipinski definition) is 0. The van der Waals surface area contributed by atoms with Crippen LogP contribution < -0.4 is 0 Å². The Labute approximate surface area is 305 Å². The highest BCUT2D eigenvalue weighted by Crippen LogP contribution is 2.39. The summed E-state index contributed by atoms with van der Waals surface area (Å²) in [5.74, 6) is 1.70. The van der Waals surface area contributed by atoms with Gasteiger partial charge in [0.25, 0.3) is 0 Å². The molecule has 3 aromatic heterocycles. The fourth-order valence-electron chi connectivity index (χ4n) is 6.89. The average molecular weight is 678 g/mol. The van der Waals surface area contributed by atoms with Crippen molar-refractivity contribution >= 4 is 21.8 Å². The summed E-state index contributed by atoms with van der Waals surface area (Å²) < 4.78 is 2.26. The van der Waals surface area contributed by atoms with E-state index in [9.17, 15) is 10.5 Å². The minimum atomic E-state index is 0.446. The number of para-hydroxylation sites is 1. The third kappa shape index (κ3) is 5.75. The molecule has 53 heavy (non-hydrogen) atoms. The Morgan fingerprint density at radius 2 is 1.02 bits per heavy atom. The Morgan fingerprint density at radius 3 is 1.68 bits per heavy atom. The topological polar surface area (TPSA) is 104 Å². The average Bonchev–Trinajstić information content (AvgIpc) is 3.57. The molecule has 0 N–H and O–H groups in total. The van der Waals surface area contributed by atoms with Crippen molar-refractivity contribution in [1.82, 2.24) is 24.5 Å². The van der Waals surface area contributed by atoms with Gasteiger partial charge in [0, 0.05) is 45.4 Å². The van der Waals surface area contributed by atoms with Crippen LogP contribution in [0.4, 0.5) is 0 Å². The third-order valence-electron chi connectivity index (χ3n) is 9.37.